The molecule has 34 heavy (non-hydrogen) atoms. The van der Waals surface area contributed by atoms with E-state index in [9.17, 15) is 13.2 Å². The third-order valence-electron chi connectivity index (χ3n) is 6.48. The van der Waals surface area contributed by atoms with Crippen LogP contribution in [0.5, 0.6) is 5.75 Å². The fourth-order valence-corrected chi connectivity index (χ4v) is 6.02. The maximum absolute atomic E-state index is 13.2. The number of hydrogen-bond donors (Lipinski definition) is 0. The number of hydrogen-bond acceptors (Lipinski definition) is 5. The van der Waals surface area contributed by atoms with Crippen LogP contribution in [0.15, 0.2) is 70.0 Å². The average Bonchev–Trinajstić information content (AvgIpc) is 3.36. The van der Waals surface area contributed by atoms with E-state index in [1.165, 1.54) is 9.87 Å². The van der Waals surface area contributed by atoms with Gasteiger partial charge in [0.15, 0.2) is 5.76 Å². The summed E-state index contributed by atoms with van der Waals surface area (Å²) in [5, 5.41) is 0. The van der Waals surface area contributed by atoms with Gasteiger partial charge < -0.3 is 14.1 Å². The predicted octanol–water partition coefficient (Wildman–Crippen LogP) is 3.88. The van der Waals surface area contributed by atoms with Crippen LogP contribution in [-0.2, 0) is 29.5 Å². The molecule has 178 valence electrons. The summed E-state index contributed by atoms with van der Waals surface area (Å²) in [4.78, 5) is 14.9. The maximum atomic E-state index is 13.2. The van der Waals surface area contributed by atoms with Crippen molar-refractivity contribution in [2.75, 3.05) is 26.2 Å². The minimum Gasteiger partial charge on any atom is -0.486 e. The fourth-order valence-electron chi connectivity index (χ4n) is 4.55. The first-order chi connectivity index (χ1) is 16.5. The summed E-state index contributed by atoms with van der Waals surface area (Å²) < 4.78 is 39.2. The van der Waals surface area contributed by atoms with Crippen molar-refractivity contribution in [2.24, 2.45) is 0 Å². The van der Waals surface area contributed by atoms with Gasteiger partial charge in [-0.2, -0.15) is 4.31 Å². The highest BCUT2D eigenvalue weighted by atomic mass is 32.2. The molecule has 2 heterocycles. The van der Waals surface area contributed by atoms with Crippen molar-refractivity contribution < 1.29 is 22.4 Å². The summed E-state index contributed by atoms with van der Waals surface area (Å²) in [5.74, 6) is 1.28. The topological polar surface area (TPSA) is 80.1 Å². The van der Waals surface area contributed by atoms with Crippen molar-refractivity contribution in [3.8, 4) is 5.75 Å². The lowest BCUT2D eigenvalue weighted by molar-refractivity contribution is 0.0662. The van der Waals surface area contributed by atoms with Crippen LogP contribution in [0.2, 0.25) is 0 Å². The second-order valence-electron chi connectivity index (χ2n) is 8.70. The van der Waals surface area contributed by atoms with Gasteiger partial charge in [-0.3, -0.25) is 4.79 Å². The van der Waals surface area contributed by atoms with Crippen LogP contribution < -0.4 is 4.74 Å². The molecular formula is C26H28N2O5S. The SMILES string of the molecule is O=C(c1ccc(COc2ccccc2)o1)N1CCN(S(=O)(=O)c2ccc3c(c2)CCCC3)CC1. The van der Waals surface area contributed by atoms with Gasteiger partial charge in [-0.1, -0.05) is 24.3 Å². The number of nitrogens with zero attached hydrogens (tertiary/aromatic N) is 2. The Bertz CT molecular complexity index is 1260. The molecule has 0 atom stereocenters. The number of carbonyl (C=O) groups excluding carboxylic acids is 1. The monoisotopic (exact) mass is 480 g/mol. The van der Waals surface area contributed by atoms with Gasteiger partial charge in [-0.15, -0.1) is 0 Å². The van der Waals surface area contributed by atoms with E-state index in [1.807, 2.05) is 42.5 Å². The first-order valence-corrected chi connectivity index (χ1v) is 13.1. The Kier molecular flexibility index (Phi) is 6.43. The van der Waals surface area contributed by atoms with Gasteiger partial charge in [0, 0.05) is 26.2 Å². The number of furan rings is 1. The molecule has 1 saturated heterocycles. The van der Waals surface area contributed by atoms with E-state index in [0.29, 0.717) is 23.7 Å². The Hall–Kier alpha value is -3.10. The molecule has 1 amide bonds. The van der Waals surface area contributed by atoms with Gasteiger partial charge in [0.2, 0.25) is 10.0 Å². The molecule has 0 saturated carbocycles. The van der Waals surface area contributed by atoms with Crippen molar-refractivity contribution in [3.05, 3.63) is 83.3 Å². The lowest BCUT2D eigenvalue weighted by Gasteiger charge is -2.33. The number of fused-ring (bicyclic) bond motifs is 1. The molecule has 0 radical (unpaired) electrons. The van der Waals surface area contributed by atoms with E-state index < -0.39 is 10.0 Å². The molecule has 0 bridgehead atoms. The molecule has 0 unspecified atom stereocenters. The van der Waals surface area contributed by atoms with E-state index in [4.69, 9.17) is 9.15 Å². The summed E-state index contributed by atoms with van der Waals surface area (Å²) in [6.07, 6.45) is 4.21. The zero-order valence-electron chi connectivity index (χ0n) is 19.0. The minimum atomic E-state index is -3.58. The number of para-hydroxylation sites is 1. The van der Waals surface area contributed by atoms with Crippen molar-refractivity contribution in [3.63, 3.8) is 0 Å². The van der Waals surface area contributed by atoms with Crippen molar-refractivity contribution in [1.82, 2.24) is 9.21 Å². The van der Waals surface area contributed by atoms with Crippen LogP contribution in [0.3, 0.4) is 0 Å². The number of benzene rings is 2. The molecule has 5 rings (SSSR count). The Balaban J connectivity index is 1.19. The van der Waals surface area contributed by atoms with Crippen LogP contribution in [0.1, 0.15) is 40.3 Å². The van der Waals surface area contributed by atoms with E-state index in [1.54, 1.807) is 23.1 Å². The first kappa shape index (κ1) is 22.7. The summed E-state index contributed by atoms with van der Waals surface area (Å²) in [7, 11) is -3.58. The highest BCUT2D eigenvalue weighted by Gasteiger charge is 2.31. The minimum absolute atomic E-state index is 0.226. The Morgan fingerprint density at radius 1 is 0.882 bits per heavy atom. The maximum Gasteiger partial charge on any atom is 0.289 e. The van der Waals surface area contributed by atoms with Crippen LogP contribution >= 0.6 is 0 Å². The third kappa shape index (κ3) is 4.74. The van der Waals surface area contributed by atoms with E-state index in [0.717, 1.165) is 37.0 Å². The Labute approximate surface area is 200 Å². The van der Waals surface area contributed by atoms with Crippen molar-refractivity contribution in [2.45, 2.75) is 37.2 Å². The van der Waals surface area contributed by atoms with Crippen LogP contribution in [-0.4, -0.2) is 49.7 Å². The van der Waals surface area contributed by atoms with E-state index >= 15 is 0 Å². The summed E-state index contributed by atoms with van der Waals surface area (Å²) in [6, 6.07) is 18.3. The quantitative estimate of drug-likeness (QED) is 0.535. The predicted molar refractivity (Wildman–Crippen MR) is 127 cm³/mol. The average molecular weight is 481 g/mol. The molecule has 1 aliphatic heterocycles. The molecular weight excluding hydrogens is 452 g/mol. The number of piperazine rings is 1. The lowest BCUT2D eigenvalue weighted by Crippen LogP contribution is -2.50. The second-order valence-corrected chi connectivity index (χ2v) is 10.6. The standard InChI is InChI=1S/C26H28N2O5S/c29-26(25-13-11-23(33-25)19-32-22-8-2-1-3-9-22)27-14-16-28(17-15-27)34(30,31)24-12-10-20-6-4-5-7-21(20)18-24/h1-3,8-13,18H,4-7,14-17,19H2. The third-order valence-corrected chi connectivity index (χ3v) is 8.37. The highest BCUT2D eigenvalue weighted by molar-refractivity contribution is 7.89. The number of sulfonamides is 1. The molecule has 3 aromatic rings. The van der Waals surface area contributed by atoms with Gasteiger partial charge in [-0.05, 0) is 73.2 Å². The number of amides is 1. The number of rotatable bonds is 6. The van der Waals surface area contributed by atoms with Crippen LogP contribution in [0, 0.1) is 0 Å². The molecule has 2 aliphatic rings. The normalized spacial score (nSPS) is 16.8. The number of aryl methyl sites for hydroxylation is 2. The molecule has 1 aromatic heterocycles. The van der Waals surface area contributed by atoms with Crippen LogP contribution in [0.4, 0.5) is 0 Å². The summed E-state index contributed by atoms with van der Waals surface area (Å²) in [6.45, 7) is 1.38. The smallest absolute Gasteiger partial charge is 0.289 e. The summed E-state index contributed by atoms with van der Waals surface area (Å²) >= 11 is 0. The Morgan fingerprint density at radius 3 is 2.38 bits per heavy atom. The summed E-state index contributed by atoms with van der Waals surface area (Å²) in [5.41, 5.74) is 2.40. The van der Waals surface area contributed by atoms with Gasteiger partial charge in [-0.25, -0.2) is 8.42 Å². The zero-order valence-corrected chi connectivity index (χ0v) is 19.8. The molecule has 7 nitrogen and oxygen atoms in total. The molecule has 2 aromatic carbocycles. The van der Waals surface area contributed by atoms with E-state index in [2.05, 4.69) is 0 Å². The van der Waals surface area contributed by atoms with Crippen molar-refractivity contribution in [1.29, 1.82) is 0 Å². The second kappa shape index (κ2) is 9.64. The molecule has 1 fully saturated rings. The molecule has 0 N–H and O–H groups in total. The Morgan fingerprint density at radius 2 is 1.62 bits per heavy atom. The molecule has 8 heteroatoms. The van der Waals surface area contributed by atoms with Crippen molar-refractivity contribution >= 4 is 15.9 Å². The number of ether oxygens (including phenoxy) is 1. The lowest BCUT2D eigenvalue weighted by atomic mass is 9.92. The fraction of sp³-hybridized carbons (Fsp3) is 0.346. The zero-order chi connectivity index (χ0) is 23.5. The van der Waals surface area contributed by atoms with Gasteiger partial charge in [0.25, 0.3) is 5.91 Å². The van der Waals surface area contributed by atoms with Gasteiger partial charge >= 0.3 is 0 Å². The molecule has 1 aliphatic carbocycles. The first-order valence-electron chi connectivity index (χ1n) is 11.7. The van der Waals surface area contributed by atoms with Gasteiger partial charge in [0.1, 0.15) is 18.1 Å². The van der Waals surface area contributed by atoms with Crippen LogP contribution in [0.25, 0.3) is 0 Å². The van der Waals surface area contributed by atoms with Gasteiger partial charge in [0.05, 0.1) is 4.90 Å². The number of carbonyl (C=O) groups is 1. The molecule has 0 spiro atoms. The highest BCUT2D eigenvalue weighted by Crippen LogP contribution is 2.26. The largest absolute Gasteiger partial charge is 0.486 e. The van der Waals surface area contributed by atoms with E-state index in [-0.39, 0.29) is 31.4 Å².